The van der Waals surface area contributed by atoms with Crippen LogP contribution in [0.25, 0.3) is 0 Å². The lowest BCUT2D eigenvalue weighted by molar-refractivity contribution is -0.145. The van der Waals surface area contributed by atoms with Crippen LogP contribution >= 0.6 is 0 Å². The first-order valence-electron chi connectivity index (χ1n) is 6.66. The highest BCUT2D eigenvalue weighted by molar-refractivity contribution is 5.75. The van der Waals surface area contributed by atoms with Crippen molar-refractivity contribution in [3.05, 3.63) is 0 Å². The van der Waals surface area contributed by atoms with Crippen molar-refractivity contribution in [3.8, 4) is 0 Å². The first-order chi connectivity index (χ1) is 7.74. The van der Waals surface area contributed by atoms with Gasteiger partial charge in [0.15, 0.2) is 0 Å². The zero-order chi connectivity index (χ0) is 12.4. The Hall–Kier alpha value is -0.570. The van der Waals surface area contributed by atoms with Gasteiger partial charge in [0.25, 0.3) is 0 Å². The van der Waals surface area contributed by atoms with E-state index in [1.165, 1.54) is 32.1 Å². The molecule has 3 nitrogen and oxygen atoms in total. The van der Waals surface area contributed by atoms with E-state index in [0.29, 0.717) is 12.5 Å². The highest BCUT2D eigenvalue weighted by Crippen LogP contribution is 2.27. The maximum atomic E-state index is 11.3. The van der Waals surface area contributed by atoms with Gasteiger partial charge in [0.1, 0.15) is 6.04 Å². The van der Waals surface area contributed by atoms with E-state index in [9.17, 15) is 4.79 Å². The number of hydrogen-bond acceptors (Lipinski definition) is 3. The lowest BCUT2D eigenvalue weighted by atomic mass is 9.85. The minimum Gasteiger partial charge on any atom is -0.465 e. The zero-order valence-corrected chi connectivity index (χ0v) is 11.0. The van der Waals surface area contributed by atoms with E-state index in [0.717, 1.165) is 6.42 Å². The fourth-order valence-electron chi connectivity index (χ4n) is 2.13. The Morgan fingerprint density at radius 2 is 1.88 bits per heavy atom. The third-order valence-corrected chi connectivity index (χ3v) is 2.90. The maximum absolute atomic E-state index is 11.3. The minimum absolute atomic E-state index is 0.238. The number of rotatable bonds is 4. The summed E-state index contributed by atoms with van der Waals surface area (Å²) in [6, 6.07) is -0.405. The van der Waals surface area contributed by atoms with Crippen molar-refractivity contribution in [2.24, 2.45) is 11.7 Å². The van der Waals surface area contributed by atoms with Gasteiger partial charge < -0.3 is 10.5 Å². The second kappa shape index (κ2) is 9.64. The molecule has 16 heavy (non-hydrogen) atoms. The molecule has 0 radical (unpaired) electrons. The molecule has 1 atom stereocenters. The highest BCUT2D eigenvalue weighted by atomic mass is 16.5. The van der Waals surface area contributed by atoms with E-state index in [2.05, 4.69) is 0 Å². The SMILES string of the molecule is CC.CCOC(=O)C(N)CC1CCCCC1. The molecule has 1 rings (SSSR count). The Kier molecular flexibility index (Phi) is 9.30. The number of carbonyl (C=O) groups is 1. The number of hydrogen-bond donors (Lipinski definition) is 1. The molecule has 0 bridgehead atoms. The van der Waals surface area contributed by atoms with Gasteiger partial charge in [-0.05, 0) is 19.3 Å². The van der Waals surface area contributed by atoms with Crippen molar-refractivity contribution in [1.29, 1.82) is 0 Å². The quantitative estimate of drug-likeness (QED) is 0.754. The topological polar surface area (TPSA) is 52.3 Å². The highest BCUT2D eigenvalue weighted by Gasteiger charge is 2.21. The van der Waals surface area contributed by atoms with Gasteiger partial charge in [-0.2, -0.15) is 0 Å². The molecule has 0 saturated heterocycles. The molecule has 0 aromatic carbocycles. The number of ether oxygens (including phenoxy) is 1. The fraction of sp³-hybridized carbons (Fsp3) is 0.923. The zero-order valence-electron chi connectivity index (χ0n) is 11.0. The first-order valence-corrected chi connectivity index (χ1v) is 6.66. The summed E-state index contributed by atoms with van der Waals surface area (Å²) in [5.41, 5.74) is 5.76. The summed E-state index contributed by atoms with van der Waals surface area (Å²) in [5.74, 6) is 0.404. The average Bonchev–Trinajstić information content (AvgIpc) is 2.33. The predicted octanol–water partition coefficient (Wildman–Crippen LogP) is 2.87. The minimum atomic E-state index is -0.405. The molecule has 0 aromatic rings. The van der Waals surface area contributed by atoms with Gasteiger partial charge in [-0.3, -0.25) is 4.79 Å². The molecule has 2 N–H and O–H groups in total. The van der Waals surface area contributed by atoms with Crippen LogP contribution in [0.1, 0.15) is 59.3 Å². The molecular formula is C13H27NO2. The number of carbonyl (C=O) groups excluding carboxylic acids is 1. The number of esters is 1. The Bertz CT molecular complexity index is 177. The first kappa shape index (κ1) is 15.4. The van der Waals surface area contributed by atoms with Gasteiger partial charge in [0.05, 0.1) is 6.61 Å². The third-order valence-electron chi connectivity index (χ3n) is 2.90. The average molecular weight is 229 g/mol. The lowest BCUT2D eigenvalue weighted by Crippen LogP contribution is -2.34. The Morgan fingerprint density at radius 1 is 1.31 bits per heavy atom. The lowest BCUT2D eigenvalue weighted by Gasteiger charge is -2.23. The van der Waals surface area contributed by atoms with Gasteiger partial charge >= 0.3 is 5.97 Å². The summed E-state index contributed by atoms with van der Waals surface area (Å²) in [4.78, 5) is 11.3. The summed E-state index contributed by atoms with van der Waals surface area (Å²) in [5, 5.41) is 0. The summed E-state index contributed by atoms with van der Waals surface area (Å²) in [6.07, 6.45) is 7.19. The Balaban J connectivity index is 0.00000106. The molecule has 1 unspecified atom stereocenters. The van der Waals surface area contributed by atoms with E-state index >= 15 is 0 Å². The van der Waals surface area contributed by atoms with Gasteiger partial charge in [-0.15, -0.1) is 0 Å². The smallest absolute Gasteiger partial charge is 0.322 e. The molecule has 1 aliphatic rings. The molecular weight excluding hydrogens is 202 g/mol. The normalized spacial score (nSPS) is 18.2. The van der Waals surface area contributed by atoms with Crippen molar-refractivity contribution in [1.82, 2.24) is 0 Å². The number of nitrogens with two attached hydrogens (primary N) is 1. The molecule has 1 saturated carbocycles. The third kappa shape index (κ3) is 6.11. The van der Waals surface area contributed by atoms with E-state index in [4.69, 9.17) is 10.5 Å². The van der Waals surface area contributed by atoms with E-state index in [1.54, 1.807) is 0 Å². The molecule has 0 spiro atoms. The van der Waals surface area contributed by atoms with Crippen LogP contribution in [0.3, 0.4) is 0 Å². The van der Waals surface area contributed by atoms with Gasteiger partial charge in [-0.25, -0.2) is 0 Å². The van der Waals surface area contributed by atoms with Crippen LogP contribution < -0.4 is 5.73 Å². The van der Waals surface area contributed by atoms with E-state index in [1.807, 2.05) is 20.8 Å². The van der Waals surface area contributed by atoms with Crippen LogP contribution in [0.2, 0.25) is 0 Å². The summed E-state index contributed by atoms with van der Waals surface area (Å²) >= 11 is 0. The van der Waals surface area contributed by atoms with Gasteiger partial charge in [-0.1, -0.05) is 46.0 Å². The molecule has 1 aliphatic carbocycles. The maximum Gasteiger partial charge on any atom is 0.322 e. The van der Waals surface area contributed by atoms with Crippen LogP contribution in [0, 0.1) is 5.92 Å². The molecule has 0 aliphatic heterocycles. The molecule has 1 fully saturated rings. The monoisotopic (exact) mass is 229 g/mol. The molecule has 96 valence electrons. The summed E-state index contributed by atoms with van der Waals surface area (Å²) < 4.78 is 4.88. The molecule has 0 heterocycles. The van der Waals surface area contributed by atoms with Crippen molar-refractivity contribution in [2.45, 2.75) is 65.3 Å². The Morgan fingerprint density at radius 3 is 2.38 bits per heavy atom. The summed E-state index contributed by atoms with van der Waals surface area (Å²) in [6.45, 7) is 6.24. The molecule has 0 aromatic heterocycles. The fourth-order valence-corrected chi connectivity index (χ4v) is 2.13. The summed E-state index contributed by atoms with van der Waals surface area (Å²) in [7, 11) is 0. The van der Waals surface area contributed by atoms with Crippen LogP contribution in [0.5, 0.6) is 0 Å². The van der Waals surface area contributed by atoms with Crippen LogP contribution in [0.4, 0.5) is 0 Å². The Labute approximate surface area is 99.7 Å². The van der Waals surface area contributed by atoms with Crippen LogP contribution in [-0.2, 0) is 9.53 Å². The van der Waals surface area contributed by atoms with E-state index < -0.39 is 6.04 Å². The van der Waals surface area contributed by atoms with Gasteiger partial charge in [0.2, 0.25) is 0 Å². The van der Waals surface area contributed by atoms with Crippen molar-refractivity contribution >= 4 is 5.97 Å². The van der Waals surface area contributed by atoms with E-state index in [-0.39, 0.29) is 5.97 Å². The molecule has 3 heteroatoms. The van der Waals surface area contributed by atoms with Crippen LogP contribution in [-0.4, -0.2) is 18.6 Å². The largest absolute Gasteiger partial charge is 0.465 e. The van der Waals surface area contributed by atoms with Crippen LogP contribution in [0.15, 0.2) is 0 Å². The van der Waals surface area contributed by atoms with Crippen molar-refractivity contribution in [3.63, 3.8) is 0 Å². The predicted molar refractivity (Wildman–Crippen MR) is 67.1 cm³/mol. The second-order valence-electron chi connectivity index (χ2n) is 4.10. The van der Waals surface area contributed by atoms with Crippen molar-refractivity contribution in [2.75, 3.05) is 6.61 Å². The standard InChI is InChI=1S/C11H21NO2.C2H6/c1-2-14-11(13)10(12)8-9-6-4-3-5-7-9;1-2/h9-10H,2-8,12H2,1H3;1-2H3. The van der Waals surface area contributed by atoms with Crippen molar-refractivity contribution < 1.29 is 9.53 Å². The van der Waals surface area contributed by atoms with Gasteiger partial charge in [0, 0.05) is 0 Å². The second-order valence-corrected chi connectivity index (χ2v) is 4.10. The molecule has 0 amide bonds.